The summed E-state index contributed by atoms with van der Waals surface area (Å²) in [5.74, 6) is 0.755. The van der Waals surface area contributed by atoms with Crippen LogP contribution in [0.5, 0.6) is 5.75 Å². The molecule has 0 amide bonds. The topological polar surface area (TPSA) is 86.0 Å². The molecule has 0 fully saturated rings. The van der Waals surface area contributed by atoms with Gasteiger partial charge in [-0.3, -0.25) is 0 Å². The second kappa shape index (κ2) is 5.34. The zero-order valence-corrected chi connectivity index (χ0v) is 10.3. The van der Waals surface area contributed by atoms with Crippen LogP contribution in [-0.4, -0.2) is 17.8 Å². The van der Waals surface area contributed by atoms with Crippen LogP contribution in [-0.2, 0) is 0 Å². The second-order valence-electron chi connectivity index (χ2n) is 4.55. The van der Waals surface area contributed by atoms with E-state index in [0.29, 0.717) is 0 Å². The summed E-state index contributed by atoms with van der Waals surface area (Å²) >= 11 is 0. The van der Waals surface area contributed by atoms with Crippen molar-refractivity contribution in [3.05, 3.63) is 29.8 Å². The molecule has 0 aliphatic carbocycles. The second-order valence-corrected chi connectivity index (χ2v) is 4.55. The highest BCUT2D eigenvalue weighted by Crippen LogP contribution is 2.17. The number of hydrogen-bond acceptors (Lipinski definition) is 3. The quantitative estimate of drug-likeness (QED) is 0.471. The minimum absolute atomic E-state index is 0.0612. The Hall–Kier alpha value is -2.04. The summed E-state index contributed by atoms with van der Waals surface area (Å²) in [7, 11) is 0. The highest BCUT2D eigenvalue weighted by Gasteiger charge is 2.10. The summed E-state index contributed by atoms with van der Waals surface area (Å²) in [6, 6.07) is 7.52. The first kappa shape index (κ1) is 13.0. The third-order valence-corrected chi connectivity index (χ3v) is 1.68. The van der Waals surface area contributed by atoms with Gasteiger partial charge in [-0.05, 0) is 50.6 Å². The maximum absolute atomic E-state index is 5.69. The van der Waals surface area contributed by atoms with Crippen molar-refractivity contribution < 1.29 is 4.74 Å². The van der Waals surface area contributed by atoms with E-state index in [1.807, 2.05) is 45.0 Å². The molecule has 0 heterocycles. The van der Waals surface area contributed by atoms with Gasteiger partial charge in [-0.2, -0.15) is 5.10 Å². The Morgan fingerprint density at radius 2 is 1.76 bits per heavy atom. The van der Waals surface area contributed by atoms with Crippen LogP contribution in [0.1, 0.15) is 26.3 Å². The van der Waals surface area contributed by atoms with Crippen LogP contribution < -0.4 is 16.2 Å². The molecule has 5 heteroatoms. The van der Waals surface area contributed by atoms with Crippen molar-refractivity contribution in [1.29, 1.82) is 0 Å². The van der Waals surface area contributed by atoms with E-state index in [-0.39, 0.29) is 11.6 Å². The fraction of sp³-hybridized carbons (Fsp3) is 0.333. The highest BCUT2D eigenvalue weighted by atomic mass is 16.5. The van der Waals surface area contributed by atoms with Crippen LogP contribution in [0.2, 0.25) is 0 Å². The molecule has 0 spiro atoms. The summed E-state index contributed by atoms with van der Waals surface area (Å²) in [5.41, 5.74) is 11.0. The van der Waals surface area contributed by atoms with Crippen molar-refractivity contribution in [2.24, 2.45) is 21.7 Å². The molecule has 17 heavy (non-hydrogen) atoms. The summed E-state index contributed by atoms with van der Waals surface area (Å²) in [4.78, 5) is 0. The molecule has 0 saturated heterocycles. The van der Waals surface area contributed by atoms with Gasteiger partial charge in [0.2, 0.25) is 5.96 Å². The van der Waals surface area contributed by atoms with Gasteiger partial charge in [-0.15, -0.1) is 5.10 Å². The van der Waals surface area contributed by atoms with Crippen molar-refractivity contribution in [3.63, 3.8) is 0 Å². The fourth-order valence-electron chi connectivity index (χ4n) is 1.14. The molecule has 5 nitrogen and oxygen atoms in total. The van der Waals surface area contributed by atoms with Gasteiger partial charge >= 0.3 is 0 Å². The minimum Gasteiger partial charge on any atom is -0.488 e. The largest absolute Gasteiger partial charge is 0.488 e. The Kier molecular flexibility index (Phi) is 4.09. The molecular formula is C12H18N4O. The summed E-state index contributed by atoms with van der Waals surface area (Å²) in [6.07, 6.45) is 1.57. The molecule has 0 unspecified atom stereocenters. The third kappa shape index (κ3) is 5.55. The number of nitrogens with two attached hydrogens (primary N) is 2. The first-order chi connectivity index (χ1) is 7.87. The first-order valence-electron chi connectivity index (χ1n) is 5.28. The summed E-state index contributed by atoms with van der Waals surface area (Å²) < 4.78 is 5.69. The lowest BCUT2D eigenvalue weighted by Crippen LogP contribution is -2.22. The minimum atomic E-state index is -0.200. The van der Waals surface area contributed by atoms with Crippen molar-refractivity contribution in [3.8, 4) is 5.75 Å². The number of nitrogens with zero attached hydrogens (tertiary/aromatic N) is 2. The Bertz CT molecular complexity index is 411. The summed E-state index contributed by atoms with van der Waals surface area (Å²) in [5, 5.41) is 7.23. The van der Waals surface area contributed by atoms with E-state index in [9.17, 15) is 0 Å². The number of ether oxygens (including phenoxy) is 1. The molecule has 0 radical (unpaired) electrons. The van der Waals surface area contributed by atoms with Gasteiger partial charge in [0.25, 0.3) is 0 Å². The van der Waals surface area contributed by atoms with Crippen LogP contribution >= 0.6 is 0 Å². The van der Waals surface area contributed by atoms with E-state index in [0.717, 1.165) is 11.3 Å². The Labute approximate surface area is 101 Å². The number of hydrogen-bond donors (Lipinski definition) is 2. The molecule has 1 aromatic rings. The average Bonchev–Trinajstić information content (AvgIpc) is 2.18. The Morgan fingerprint density at radius 3 is 2.24 bits per heavy atom. The lowest BCUT2D eigenvalue weighted by atomic mass is 10.2. The molecule has 0 aliphatic heterocycles. The Balaban J connectivity index is 2.69. The molecule has 4 N–H and O–H groups in total. The van der Waals surface area contributed by atoms with Gasteiger partial charge in [0.1, 0.15) is 11.4 Å². The maximum Gasteiger partial charge on any atom is 0.211 e. The molecule has 0 aliphatic rings. The molecule has 0 bridgehead atoms. The van der Waals surface area contributed by atoms with Gasteiger partial charge in [-0.25, -0.2) is 0 Å². The van der Waals surface area contributed by atoms with Crippen molar-refractivity contribution >= 4 is 12.2 Å². The SMILES string of the molecule is CC(C)(C)Oc1ccc(/C=N\N=C(N)N)cc1. The predicted molar refractivity (Wildman–Crippen MR) is 70.2 cm³/mol. The average molecular weight is 234 g/mol. The number of guanidine groups is 1. The summed E-state index contributed by atoms with van der Waals surface area (Å²) in [6.45, 7) is 6.00. The van der Waals surface area contributed by atoms with Gasteiger partial charge in [0.15, 0.2) is 0 Å². The van der Waals surface area contributed by atoms with E-state index in [1.54, 1.807) is 6.21 Å². The van der Waals surface area contributed by atoms with Crippen LogP contribution in [0.15, 0.2) is 34.5 Å². The highest BCUT2D eigenvalue weighted by molar-refractivity contribution is 5.81. The van der Waals surface area contributed by atoms with E-state index >= 15 is 0 Å². The van der Waals surface area contributed by atoms with Gasteiger partial charge in [0, 0.05) is 0 Å². The van der Waals surface area contributed by atoms with Crippen molar-refractivity contribution in [2.75, 3.05) is 0 Å². The predicted octanol–water partition coefficient (Wildman–Crippen LogP) is 1.47. The zero-order chi connectivity index (χ0) is 12.9. The lowest BCUT2D eigenvalue weighted by molar-refractivity contribution is 0.131. The molecule has 0 aromatic heterocycles. The maximum atomic E-state index is 5.69. The lowest BCUT2D eigenvalue weighted by Gasteiger charge is -2.21. The molecule has 1 aromatic carbocycles. The molecule has 0 atom stereocenters. The molecule has 92 valence electrons. The van der Waals surface area contributed by atoms with Crippen molar-refractivity contribution in [1.82, 2.24) is 0 Å². The monoisotopic (exact) mass is 234 g/mol. The molecular weight excluding hydrogens is 216 g/mol. The Morgan fingerprint density at radius 1 is 1.18 bits per heavy atom. The molecule has 0 saturated carbocycles. The van der Waals surface area contributed by atoms with Crippen LogP contribution in [0.25, 0.3) is 0 Å². The van der Waals surface area contributed by atoms with Crippen LogP contribution in [0.3, 0.4) is 0 Å². The molecule has 1 rings (SSSR count). The van der Waals surface area contributed by atoms with Crippen molar-refractivity contribution in [2.45, 2.75) is 26.4 Å². The van der Waals surface area contributed by atoms with E-state index < -0.39 is 0 Å². The number of benzene rings is 1. The third-order valence-electron chi connectivity index (χ3n) is 1.68. The smallest absolute Gasteiger partial charge is 0.211 e. The van der Waals surface area contributed by atoms with Gasteiger partial charge < -0.3 is 16.2 Å². The zero-order valence-electron chi connectivity index (χ0n) is 10.3. The van der Waals surface area contributed by atoms with Crippen LogP contribution in [0, 0.1) is 0 Å². The van der Waals surface area contributed by atoms with Gasteiger partial charge in [0.05, 0.1) is 6.21 Å². The standard InChI is InChI=1S/C12H18N4O/c1-12(2,3)17-10-6-4-9(5-7-10)8-15-16-11(13)14/h4-8H,1-3H3,(H4,13,14,16)/b15-8-. The van der Waals surface area contributed by atoms with E-state index in [1.165, 1.54) is 0 Å². The van der Waals surface area contributed by atoms with E-state index in [2.05, 4.69) is 10.2 Å². The number of rotatable bonds is 3. The van der Waals surface area contributed by atoms with Gasteiger partial charge in [-0.1, -0.05) is 0 Å². The van der Waals surface area contributed by atoms with E-state index in [4.69, 9.17) is 16.2 Å². The fourth-order valence-corrected chi connectivity index (χ4v) is 1.14. The normalized spacial score (nSPS) is 11.5. The first-order valence-corrected chi connectivity index (χ1v) is 5.28. The van der Waals surface area contributed by atoms with Crippen LogP contribution in [0.4, 0.5) is 0 Å².